The maximum absolute atomic E-state index is 11.5. The maximum Gasteiger partial charge on any atom is 0.333 e. The summed E-state index contributed by atoms with van der Waals surface area (Å²) in [6.07, 6.45) is 1.86. The third-order valence-corrected chi connectivity index (χ3v) is 2.92. The third-order valence-electron chi connectivity index (χ3n) is 2.92. The SMILES string of the molecule is COC(=O)C(C)=Cc1ccccc1-c1ccccc1. The lowest BCUT2D eigenvalue weighted by molar-refractivity contribution is -0.135. The van der Waals surface area contributed by atoms with Crippen LogP contribution in [0.2, 0.25) is 0 Å². The standard InChI is InChI=1S/C17H16O2/c1-13(17(18)19-2)12-15-10-6-7-11-16(15)14-8-4-3-5-9-14/h3-12H,1-2H3. The fourth-order valence-electron chi connectivity index (χ4n) is 1.96. The van der Waals surface area contributed by atoms with Crippen LogP contribution in [0, 0.1) is 0 Å². The van der Waals surface area contributed by atoms with Crippen LogP contribution < -0.4 is 0 Å². The summed E-state index contributed by atoms with van der Waals surface area (Å²) in [4.78, 5) is 11.5. The summed E-state index contributed by atoms with van der Waals surface area (Å²) in [5.41, 5.74) is 3.83. The van der Waals surface area contributed by atoms with Gasteiger partial charge in [0.2, 0.25) is 0 Å². The molecule has 0 fully saturated rings. The zero-order chi connectivity index (χ0) is 13.7. The van der Waals surface area contributed by atoms with Gasteiger partial charge < -0.3 is 4.74 Å². The largest absolute Gasteiger partial charge is 0.466 e. The molecule has 0 radical (unpaired) electrons. The second-order valence-electron chi connectivity index (χ2n) is 4.27. The van der Waals surface area contributed by atoms with Crippen molar-refractivity contribution in [2.75, 3.05) is 7.11 Å². The molecule has 0 aliphatic carbocycles. The number of methoxy groups -OCH3 is 1. The van der Waals surface area contributed by atoms with E-state index < -0.39 is 0 Å². The Balaban J connectivity index is 2.46. The van der Waals surface area contributed by atoms with Crippen molar-refractivity contribution >= 4 is 12.0 Å². The summed E-state index contributed by atoms with van der Waals surface area (Å²) < 4.78 is 4.72. The molecule has 0 heterocycles. The zero-order valence-corrected chi connectivity index (χ0v) is 11.1. The Hall–Kier alpha value is -2.35. The first-order valence-corrected chi connectivity index (χ1v) is 6.13. The smallest absolute Gasteiger partial charge is 0.333 e. The molecular weight excluding hydrogens is 236 g/mol. The fraction of sp³-hybridized carbons (Fsp3) is 0.118. The Kier molecular flexibility index (Phi) is 4.14. The summed E-state index contributed by atoms with van der Waals surface area (Å²) >= 11 is 0. The van der Waals surface area contributed by atoms with Crippen LogP contribution in [0.3, 0.4) is 0 Å². The Morgan fingerprint density at radius 3 is 2.32 bits per heavy atom. The lowest BCUT2D eigenvalue weighted by Gasteiger charge is -2.07. The van der Waals surface area contributed by atoms with Crippen LogP contribution in [-0.4, -0.2) is 13.1 Å². The first-order valence-electron chi connectivity index (χ1n) is 6.13. The van der Waals surface area contributed by atoms with E-state index in [4.69, 9.17) is 4.74 Å². The van der Waals surface area contributed by atoms with Crippen LogP contribution in [0.1, 0.15) is 12.5 Å². The molecule has 2 rings (SSSR count). The highest BCUT2D eigenvalue weighted by atomic mass is 16.5. The number of rotatable bonds is 3. The molecule has 0 aliphatic heterocycles. The van der Waals surface area contributed by atoms with Crippen LogP contribution in [0.15, 0.2) is 60.2 Å². The van der Waals surface area contributed by atoms with Gasteiger partial charge in [0.15, 0.2) is 0 Å². The van der Waals surface area contributed by atoms with Crippen LogP contribution >= 0.6 is 0 Å². The molecule has 0 unspecified atom stereocenters. The fourth-order valence-corrected chi connectivity index (χ4v) is 1.96. The van der Waals surface area contributed by atoms with Gasteiger partial charge >= 0.3 is 5.97 Å². The average Bonchev–Trinajstić information content (AvgIpc) is 2.47. The Morgan fingerprint density at radius 2 is 1.63 bits per heavy atom. The number of hydrogen-bond acceptors (Lipinski definition) is 2. The van der Waals surface area contributed by atoms with E-state index in [2.05, 4.69) is 12.1 Å². The minimum absolute atomic E-state index is 0.303. The molecule has 2 aromatic carbocycles. The quantitative estimate of drug-likeness (QED) is 0.611. The highest BCUT2D eigenvalue weighted by molar-refractivity contribution is 5.94. The van der Waals surface area contributed by atoms with Crippen LogP contribution in [-0.2, 0) is 9.53 Å². The van der Waals surface area contributed by atoms with Gasteiger partial charge in [0, 0.05) is 5.57 Å². The molecule has 0 aliphatic rings. The predicted octanol–water partition coefficient (Wildman–Crippen LogP) is 3.93. The lowest BCUT2D eigenvalue weighted by Crippen LogP contribution is -2.01. The molecule has 0 amide bonds. The molecule has 0 aromatic heterocycles. The van der Waals surface area contributed by atoms with Gasteiger partial charge in [-0.15, -0.1) is 0 Å². The van der Waals surface area contributed by atoms with Crippen molar-refractivity contribution in [1.29, 1.82) is 0 Å². The van der Waals surface area contributed by atoms with Crippen LogP contribution in [0.4, 0.5) is 0 Å². The Labute approximate surface area is 113 Å². The van der Waals surface area contributed by atoms with Gasteiger partial charge in [0.25, 0.3) is 0 Å². The summed E-state index contributed by atoms with van der Waals surface area (Å²) in [6.45, 7) is 1.76. The summed E-state index contributed by atoms with van der Waals surface area (Å²) in [7, 11) is 1.39. The Morgan fingerprint density at radius 1 is 1.00 bits per heavy atom. The molecular formula is C17H16O2. The molecule has 0 saturated carbocycles. The molecule has 96 valence electrons. The normalized spacial score (nSPS) is 11.2. The minimum Gasteiger partial charge on any atom is -0.466 e. The van der Waals surface area contributed by atoms with Gasteiger partial charge in [-0.1, -0.05) is 54.6 Å². The van der Waals surface area contributed by atoms with Gasteiger partial charge in [0.1, 0.15) is 0 Å². The second-order valence-corrected chi connectivity index (χ2v) is 4.27. The van der Waals surface area contributed by atoms with Crippen molar-refractivity contribution < 1.29 is 9.53 Å². The monoisotopic (exact) mass is 252 g/mol. The van der Waals surface area contributed by atoms with Crippen molar-refractivity contribution in [1.82, 2.24) is 0 Å². The van der Waals surface area contributed by atoms with E-state index >= 15 is 0 Å². The average molecular weight is 252 g/mol. The maximum atomic E-state index is 11.5. The number of hydrogen-bond donors (Lipinski definition) is 0. The molecule has 2 heteroatoms. The van der Waals surface area contributed by atoms with E-state index in [0.717, 1.165) is 16.7 Å². The molecule has 0 bridgehead atoms. The van der Waals surface area contributed by atoms with E-state index in [1.165, 1.54) is 7.11 Å². The number of carbonyl (C=O) groups excluding carboxylic acids is 1. The van der Waals surface area contributed by atoms with E-state index in [1.54, 1.807) is 6.92 Å². The van der Waals surface area contributed by atoms with E-state index in [-0.39, 0.29) is 5.97 Å². The molecule has 2 nitrogen and oxygen atoms in total. The topological polar surface area (TPSA) is 26.3 Å². The highest BCUT2D eigenvalue weighted by Crippen LogP contribution is 2.25. The van der Waals surface area contributed by atoms with E-state index in [1.807, 2.05) is 48.5 Å². The Bertz CT molecular complexity index is 598. The van der Waals surface area contributed by atoms with Gasteiger partial charge in [0.05, 0.1) is 7.11 Å². The summed E-state index contributed by atoms with van der Waals surface area (Å²) in [6, 6.07) is 18.1. The molecule has 0 N–H and O–H groups in total. The third kappa shape index (κ3) is 3.10. The van der Waals surface area contributed by atoms with Gasteiger partial charge in [-0.05, 0) is 29.7 Å². The number of ether oxygens (including phenoxy) is 1. The first kappa shape index (κ1) is 13.1. The van der Waals surface area contributed by atoms with Crippen LogP contribution in [0.25, 0.3) is 17.2 Å². The molecule has 0 atom stereocenters. The van der Waals surface area contributed by atoms with Crippen molar-refractivity contribution in [3.8, 4) is 11.1 Å². The molecule has 0 saturated heterocycles. The first-order chi connectivity index (χ1) is 9.22. The van der Waals surface area contributed by atoms with Crippen LogP contribution in [0.5, 0.6) is 0 Å². The highest BCUT2D eigenvalue weighted by Gasteiger charge is 2.06. The molecule has 0 spiro atoms. The van der Waals surface area contributed by atoms with E-state index in [9.17, 15) is 4.79 Å². The van der Waals surface area contributed by atoms with Crippen molar-refractivity contribution in [3.05, 3.63) is 65.7 Å². The van der Waals surface area contributed by atoms with Crippen molar-refractivity contribution in [2.24, 2.45) is 0 Å². The van der Waals surface area contributed by atoms with Gasteiger partial charge in [-0.2, -0.15) is 0 Å². The predicted molar refractivity (Wildman–Crippen MR) is 77.5 cm³/mol. The second kappa shape index (κ2) is 6.01. The summed E-state index contributed by atoms with van der Waals surface area (Å²) in [5.74, 6) is -0.303. The number of carbonyl (C=O) groups is 1. The molecule has 2 aromatic rings. The lowest BCUT2D eigenvalue weighted by atomic mass is 9.98. The molecule has 19 heavy (non-hydrogen) atoms. The number of esters is 1. The van der Waals surface area contributed by atoms with E-state index in [0.29, 0.717) is 5.57 Å². The van der Waals surface area contributed by atoms with Crippen molar-refractivity contribution in [3.63, 3.8) is 0 Å². The zero-order valence-electron chi connectivity index (χ0n) is 11.1. The van der Waals surface area contributed by atoms with Gasteiger partial charge in [-0.25, -0.2) is 4.79 Å². The minimum atomic E-state index is -0.303. The van der Waals surface area contributed by atoms with Gasteiger partial charge in [-0.3, -0.25) is 0 Å². The van der Waals surface area contributed by atoms with Crippen molar-refractivity contribution in [2.45, 2.75) is 6.92 Å². The summed E-state index contributed by atoms with van der Waals surface area (Å²) in [5, 5.41) is 0. The number of benzene rings is 2.